The van der Waals surface area contributed by atoms with Crippen LogP contribution < -0.4 is 5.32 Å². The molecule has 1 aliphatic carbocycles. The van der Waals surface area contributed by atoms with Gasteiger partial charge in [-0.1, -0.05) is 12.2 Å². The first-order valence-corrected chi connectivity index (χ1v) is 5.26. The van der Waals surface area contributed by atoms with Crippen LogP contribution >= 0.6 is 0 Å². The van der Waals surface area contributed by atoms with Gasteiger partial charge in [-0.05, 0) is 32.3 Å². The molecular weight excluding hydrogens is 174 g/mol. The van der Waals surface area contributed by atoms with Gasteiger partial charge >= 0.3 is 0 Å². The third kappa shape index (κ3) is 2.23. The summed E-state index contributed by atoms with van der Waals surface area (Å²) in [7, 11) is 0. The molecule has 76 valence electrons. The molecule has 1 aromatic heterocycles. The van der Waals surface area contributed by atoms with Crippen molar-refractivity contribution in [2.75, 3.05) is 0 Å². The van der Waals surface area contributed by atoms with E-state index in [1.807, 2.05) is 6.07 Å². The Hall–Kier alpha value is -1.09. The summed E-state index contributed by atoms with van der Waals surface area (Å²) >= 11 is 0. The lowest BCUT2D eigenvalue weighted by atomic mass is 10.0. The van der Waals surface area contributed by atoms with Gasteiger partial charge in [0.15, 0.2) is 0 Å². The third-order valence-electron chi connectivity index (χ3n) is 2.74. The first-order valence-electron chi connectivity index (χ1n) is 5.26. The van der Waals surface area contributed by atoms with Crippen LogP contribution in [-0.4, -0.2) is 16.2 Å². The standard InChI is InChI=1S/C11H17N3/c1-9(11-7-8-12-14-11)13-10-5-3-2-4-6-10/h2-3,7-10,13H,4-6H2,1H3,(H,12,14). The van der Waals surface area contributed by atoms with Crippen molar-refractivity contribution in [1.29, 1.82) is 0 Å². The maximum absolute atomic E-state index is 3.96. The summed E-state index contributed by atoms with van der Waals surface area (Å²) < 4.78 is 0. The Morgan fingerprint density at radius 3 is 3.14 bits per heavy atom. The van der Waals surface area contributed by atoms with Crippen molar-refractivity contribution in [3.05, 3.63) is 30.1 Å². The average Bonchev–Trinajstić information content (AvgIpc) is 2.72. The molecule has 0 fully saturated rings. The third-order valence-corrected chi connectivity index (χ3v) is 2.74. The van der Waals surface area contributed by atoms with Gasteiger partial charge in [0.1, 0.15) is 0 Å². The highest BCUT2D eigenvalue weighted by Gasteiger charge is 2.14. The minimum Gasteiger partial charge on any atom is -0.306 e. The van der Waals surface area contributed by atoms with E-state index in [-0.39, 0.29) is 0 Å². The summed E-state index contributed by atoms with van der Waals surface area (Å²) in [5.74, 6) is 0. The molecule has 0 bridgehead atoms. The molecule has 2 atom stereocenters. The predicted molar refractivity (Wildman–Crippen MR) is 56.9 cm³/mol. The highest BCUT2D eigenvalue weighted by Crippen LogP contribution is 2.15. The molecule has 1 aliphatic rings. The Balaban J connectivity index is 1.88. The number of H-pyrrole nitrogens is 1. The molecule has 2 N–H and O–H groups in total. The number of aromatic amines is 1. The minimum atomic E-state index is 0.369. The van der Waals surface area contributed by atoms with Crippen LogP contribution in [0.2, 0.25) is 0 Å². The lowest BCUT2D eigenvalue weighted by Crippen LogP contribution is -2.32. The van der Waals surface area contributed by atoms with Crippen LogP contribution in [0.15, 0.2) is 24.4 Å². The van der Waals surface area contributed by atoms with Gasteiger partial charge < -0.3 is 5.32 Å². The molecule has 0 aliphatic heterocycles. The molecular formula is C11H17N3. The summed E-state index contributed by atoms with van der Waals surface area (Å²) in [4.78, 5) is 0. The highest BCUT2D eigenvalue weighted by atomic mass is 15.1. The van der Waals surface area contributed by atoms with Gasteiger partial charge in [-0.25, -0.2) is 0 Å². The first-order chi connectivity index (χ1) is 6.86. The number of rotatable bonds is 3. The average molecular weight is 191 g/mol. The Bertz CT molecular complexity index is 289. The number of nitrogens with one attached hydrogen (secondary N) is 2. The van der Waals surface area contributed by atoms with Gasteiger partial charge in [-0.2, -0.15) is 5.10 Å². The van der Waals surface area contributed by atoms with Gasteiger partial charge in [0.2, 0.25) is 0 Å². The number of allylic oxidation sites excluding steroid dienone is 1. The molecule has 14 heavy (non-hydrogen) atoms. The fraction of sp³-hybridized carbons (Fsp3) is 0.545. The molecule has 1 heterocycles. The molecule has 0 amide bonds. The summed E-state index contributed by atoms with van der Waals surface area (Å²) in [6.45, 7) is 2.17. The van der Waals surface area contributed by atoms with Crippen molar-refractivity contribution >= 4 is 0 Å². The van der Waals surface area contributed by atoms with E-state index in [4.69, 9.17) is 0 Å². The van der Waals surface area contributed by atoms with Crippen molar-refractivity contribution in [3.63, 3.8) is 0 Å². The van der Waals surface area contributed by atoms with Gasteiger partial charge in [-0.3, -0.25) is 5.10 Å². The second kappa shape index (κ2) is 4.42. The van der Waals surface area contributed by atoms with Gasteiger partial charge in [0.05, 0.1) is 5.69 Å². The summed E-state index contributed by atoms with van der Waals surface area (Å²) in [5, 5.41) is 10.6. The maximum Gasteiger partial charge on any atom is 0.0518 e. The first kappa shape index (κ1) is 9.46. The summed E-state index contributed by atoms with van der Waals surface area (Å²) in [6, 6.07) is 3.02. The number of nitrogens with zero attached hydrogens (tertiary/aromatic N) is 1. The maximum atomic E-state index is 3.96. The molecule has 0 aromatic carbocycles. The second-order valence-electron chi connectivity index (χ2n) is 3.88. The van der Waals surface area contributed by atoms with E-state index < -0.39 is 0 Å². The molecule has 0 radical (unpaired) electrons. The second-order valence-corrected chi connectivity index (χ2v) is 3.88. The Morgan fingerprint density at radius 1 is 1.57 bits per heavy atom. The summed E-state index contributed by atoms with van der Waals surface area (Å²) in [6.07, 6.45) is 9.93. The van der Waals surface area contributed by atoms with Crippen molar-refractivity contribution in [2.24, 2.45) is 0 Å². The smallest absolute Gasteiger partial charge is 0.0518 e. The van der Waals surface area contributed by atoms with Crippen LogP contribution in [0.25, 0.3) is 0 Å². The number of hydrogen-bond acceptors (Lipinski definition) is 2. The van der Waals surface area contributed by atoms with Gasteiger partial charge in [0, 0.05) is 18.3 Å². The van der Waals surface area contributed by atoms with Gasteiger partial charge in [-0.15, -0.1) is 0 Å². The van der Waals surface area contributed by atoms with E-state index in [2.05, 4.69) is 34.6 Å². The minimum absolute atomic E-state index is 0.369. The predicted octanol–water partition coefficient (Wildman–Crippen LogP) is 2.17. The lowest BCUT2D eigenvalue weighted by Gasteiger charge is -2.23. The highest BCUT2D eigenvalue weighted by molar-refractivity contribution is 5.04. The van der Waals surface area contributed by atoms with E-state index in [1.54, 1.807) is 6.20 Å². The monoisotopic (exact) mass is 191 g/mol. The van der Waals surface area contributed by atoms with Crippen molar-refractivity contribution in [3.8, 4) is 0 Å². The van der Waals surface area contributed by atoms with E-state index in [1.165, 1.54) is 18.5 Å². The van der Waals surface area contributed by atoms with Crippen LogP contribution in [0, 0.1) is 0 Å². The Labute approximate surface area is 84.6 Å². The Morgan fingerprint density at radius 2 is 2.50 bits per heavy atom. The molecule has 1 aromatic rings. The molecule has 3 nitrogen and oxygen atoms in total. The van der Waals surface area contributed by atoms with Crippen LogP contribution in [0.5, 0.6) is 0 Å². The molecule has 2 unspecified atom stereocenters. The van der Waals surface area contributed by atoms with Gasteiger partial charge in [0.25, 0.3) is 0 Å². The SMILES string of the molecule is CC(NC1CC=CCC1)c1ccn[nH]1. The molecule has 2 rings (SSSR count). The van der Waals surface area contributed by atoms with Crippen LogP contribution in [0.1, 0.15) is 37.9 Å². The van der Waals surface area contributed by atoms with Crippen LogP contribution in [0.3, 0.4) is 0 Å². The molecule has 0 saturated heterocycles. The fourth-order valence-corrected chi connectivity index (χ4v) is 1.90. The normalized spacial score (nSPS) is 23.6. The van der Waals surface area contributed by atoms with E-state index in [0.717, 1.165) is 6.42 Å². The van der Waals surface area contributed by atoms with E-state index >= 15 is 0 Å². The van der Waals surface area contributed by atoms with E-state index in [0.29, 0.717) is 12.1 Å². The van der Waals surface area contributed by atoms with Crippen molar-refractivity contribution in [1.82, 2.24) is 15.5 Å². The summed E-state index contributed by atoms with van der Waals surface area (Å²) in [5.41, 5.74) is 1.17. The molecule has 0 spiro atoms. The quantitative estimate of drug-likeness (QED) is 0.719. The fourth-order valence-electron chi connectivity index (χ4n) is 1.90. The zero-order chi connectivity index (χ0) is 9.80. The zero-order valence-corrected chi connectivity index (χ0v) is 8.53. The van der Waals surface area contributed by atoms with Crippen molar-refractivity contribution in [2.45, 2.75) is 38.3 Å². The lowest BCUT2D eigenvalue weighted by molar-refractivity contribution is 0.421. The van der Waals surface area contributed by atoms with Crippen LogP contribution in [0.4, 0.5) is 0 Å². The largest absolute Gasteiger partial charge is 0.306 e. The molecule has 3 heteroatoms. The topological polar surface area (TPSA) is 40.7 Å². The molecule has 0 saturated carbocycles. The zero-order valence-electron chi connectivity index (χ0n) is 8.53. The number of aromatic nitrogens is 2. The number of hydrogen-bond donors (Lipinski definition) is 2. The van der Waals surface area contributed by atoms with Crippen LogP contribution in [-0.2, 0) is 0 Å². The van der Waals surface area contributed by atoms with Crippen molar-refractivity contribution < 1.29 is 0 Å². The van der Waals surface area contributed by atoms with E-state index in [9.17, 15) is 0 Å². The Kier molecular flexibility index (Phi) is 2.99.